The van der Waals surface area contributed by atoms with E-state index >= 15 is 0 Å². The van der Waals surface area contributed by atoms with Crippen LogP contribution in [0, 0.1) is 23.4 Å². The highest BCUT2D eigenvalue weighted by molar-refractivity contribution is 7.15. The van der Waals surface area contributed by atoms with Gasteiger partial charge in [-0.15, -0.1) is 11.3 Å². The third-order valence-electron chi connectivity index (χ3n) is 3.18. The Hall–Kier alpha value is -1.33. The molecule has 0 amide bonds. The van der Waals surface area contributed by atoms with E-state index in [0.29, 0.717) is 11.5 Å². The number of nitrogens with one attached hydrogen (secondary N) is 1. The Kier molecular flexibility index (Phi) is 4.50. The molecular weight excluding hydrogens is 283 g/mol. The largest absolute Gasteiger partial charge is 0.312 e. The van der Waals surface area contributed by atoms with E-state index < -0.39 is 17.5 Å². The molecule has 0 bridgehead atoms. The van der Waals surface area contributed by atoms with Crippen molar-refractivity contribution in [2.45, 2.75) is 19.9 Å². The topological polar surface area (TPSA) is 12.0 Å². The van der Waals surface area contributed by atoms with E-state index in [4.69, 9.17) is 0 Å². The Morgan fingerprint density at radius 3 is 2.15 bits per heavy atom. The molecule has 1 atom stereocenters. The fourth-order valence-corrected chi connectivity index (χ4v) is 3.46. The average molecular weight is 299 g/mol. The summed E-state index contributed by atoms with van der Waals surface area (Å²) in [6.07, 6.45) is 0. The Bertz CT molecular complexity index is 584. The summed E-state index contributed by atoms with van der Waals surface area (Å²) in [5.74, 6) is -3.36. The molecule has 5 heteroatoms. The van der Waals surface area contributed by atoms with E-state index in [-0.39, 0.29) is 6.04 Å². The summed E-state index contributed by atoms with van der Waals surface area (Å²) in [7, 11) is 1.88. The number of hydrogen-bond donors (Lipinski definition) is 1. The van der Waals surface area contributed by atoms with E-state index in [1.165, 1.54) is 11.3 Å². The lowest BCUT2D eigenvalue weighted by Gasteiger charge is -2.18. The van der Waals surface area contributed by atoms with E-state index in [1.54, 1.807) is 6.07 Å². The zero-order chi connectivity index (χ0) is 14.9. The van der Waals surface area contributed by atoms with Crippen molar-refractivity contribution in [1.82, 2.24) is 5.32 Å². The van der Waals surface area contributed by atoms with Gasteiger partial charge in [-0.25, -0.2) is 13.2 Å². The molecule has 1 aromatic heterocycles. The highest BCUT2D eigenvalue weighted by Gasteiger charge is 2.17. The van der Waals surface area contributed by atoms with Gasteiger partial charge in [0, 0.05) is 15.8 Å². The fraction of sp³-hybridized carbons (Fsp3) is 0.333. The van der Waals surface area contributed by atoms with Gasteiger partial charge >= 0.3 is 0 Å². The van der Waals surface area contributed by atoms with Gasteiger partial charge in [0.05, 0.1) is 0 Å². The number of thiophene rings is 1. The van der Waals surface area contributed by atoms with Crippen LogP contribution in [0.25, 0.3) is 10.4 Å². The van der Waals surface area contributed by atoms with Crippen molar-refractivity contribution in [3.05, 3.63) is 46.6 Å². The van der Waals surface area contributed by atoms with Crippen LogP contribution in [0.4, 0.5) is 13.2 Å². The lowest BCUT2D eigenvalue weighted by molar-refractivity contribution is 0.448. The summed E-state index contributed by atoms with van der Waals surface area (Å²) in [6, 6.07) is 5.97. The summed E-state index contributed by atoms with van der Waals surface area (Å²) in [4.78, 5) is 1.81. The SMILES string of the molecule is CNC(c1ccc(-c2cc(F)c(F)c(F)c2)s1)C(C)C. The second-order valence-corrected chi connectivity index (χ2v) is 6.08. The van der Waals surface area contributed by atoms with Crippen molar-refractivity contribution in [3.8, 4) is 10.4 Å². The zero-order valence-corrected chi connectivity index (χ0v) is 12.3. The molecule has 1 nitrogen and oxygen atoms in total. The minimum absolute atomic E-state index is 0.184. The lowest BCUT2D eigenvalue weighted by atomic mass is 10.0. The summed E-state index contributed by atoms with van der Waals surface area (Å²) >= 11 is 1.45. The maximum Gasteiger partial charge on any atom is 0.194 e. The molecule has 1 unspecified atom stereocenters. The maximum absolute atomic E-state index is 13.3. The molecule has 1 heterocycles. The number of benzene rings is 1. The van der Waals surface area contributed by atoms with Crippen LogP contribution in [0.1, 0.15) is 24.8 Å². The highest BCUT2D eigenvalue weighted by atomic mass is 32.1. The molecule has 0 radical (unpaired) electrons. The molecule has 0 aliphatic rings. The third-order valence-corrected chi connectivity index (χ3v) is 4.40. The van der Waals surface area contributed by atoms with E-state index in [9.17, 15) is 13.2 Å². The lowest BCUT2D eigenvalue weighted by Crippen LogP contribution is -2.20. The van der Waals surface area contributed by atoms with Crippen LogP contribution in [-0.4, -0.2) is 7.05 Å². The van der Waals surface area contributed by atoms with Crippen LogP contribution in [0.15, 0.2) is 24.3 Å². The molecule has 2 aromatic rings. The average Bonchev–Trinajstić information content (AvgIpc) is 2.85. The molecule has 0 aliphatic carbocycles. The van der Waals surface area contributed by atoms with Crippen molar-refractivity contribution in [2.24, 2.45) is 5.92 Å². The van der Waals surface area contributed by atoms with Gasteiger partial charge in [-0.3, -0.25) is 0 Å². The van der Waals surface area contributed by atoms with Gasteiger partial charge in [0.2, 0.25) is 0 Å². The molecule has 0 saturated carbocycles. The second-order valence-electron chi connectivity index (χ2n) is 4.97. The van der Waals surface area contributed by atoms with Crippen molar-refractivity contribution < 1.29 is 13.2 Å². The molecule has 2 rings (SSSR count). The Morgan fingerprint density at radius 2 is 1.65 bits per heavy atom. The van der Waals surface area contributed by atoms with Gasteiger partial charge in [-0.2, -0.15) is 0 Å². The monoisotopic (exact) mass is 299 g/mol. The van der Waals surface area contributed by atoms with Gasteiger partial charge in [-0.1, -0.05) is 13.8 Å². The van der Waals surface area contributed by atoms with Gasteiger partial charge in [-0.05, 0) is 42.8 Å². The number of halogens is 3. The summed E-state index contributed by atoms with van der Waals surface area (Å²) < 4.78 is 39.5. The van der Waals surface area contributed by atoms with Crippen LogP contribution in [0.3, 0.4) is 0 Å². The first-order valence-electron chi connectivity index (χ1n) is 6.36. The minimum atomic E-state index is -1.43. The second kappa shape index (κ2) is 5.97. The Labute approximate surface area is 120 Å². The predicted molar refractivity (Wildman–Crippen MR) is 76.3 cm³/mol. The normalized spacial score (nSPS) is 12.9. The van der Waals surface area contributed by atoms with Crippen molar-refractivity contribution in [2.75, 3.05) is 7.05 Å². The van der Waals surface area contributed by atoms with Crippen LogP contribution < -0.4 is 5.32 Å². The minimum Gasteiger partial charge on any atom is -0.312 e. The first-order chi connectivity index (χ1) is 9.43. The number of rotatable bonds is 4. The van der Waals surface area contributed by atoms with Gasteiger partial charge < -0.3 is 5.32 Å². The van der Waals surface area contributed by atoms with Crippen molar-refractivity contribution >= 4 is 11.3 Å². The molecule has 0 aliphatic heterocycles. The Balaban J connectivity index is 2.38. The van der Waals surface area contributed by atoms with E-state index in [2.05, 4.69) is 19.2 Å². The standard InChI is InChI=1S/C15H16F3NS/c1-8(2)15(19-3)13-5-4-12(20-13)9-6-10(16)14(18)11(17)7-9/h4-8,15,19H,1-3H3. The summed E-state index contributed by atoms with van der Waals surface area (Å²) in [5, 5.41) is 3.22. The fourth-order valence-electron chi connectivity index (χ4n) is 2.18. The highest BCUT2D eigenvalue weighted by Crippen LogP contribution is 2.34. The Morgan fingerprint density at radius 1 is 1.05 bits per heavy atom. The van der Waals surface area contributed by atoms with Gasteiger partial charge in [0.1, 0.15) is 0 Å². The summed E-state index contributed by atoms with van der Waals surface area (Å²) in [5.41, 5.74) is 0.358. The maximum atomic E-state index is 13.3. The van der Waals surface area contributed by atoms with Crippen molar-refractivity contribution in [3.63, 3.8) is 0 Å². The number of hydrogen-bond acceptors (Lipinski definition) is 2. The smallest absolute Gasteiger partial charge is 0.194 e. The van der Waals surface area contributed by atoms with Crippen molar-refractivity contribution in [1.29, 1.82) is 0 Å². The third kappa shape index (κ3) is 2.88. The predicted octanol–water partition coefficient (Wildman–Crippen LogP) is 4.75. The van der Waals surface area contributed by atoms with Crippen LogP contribution in [-0.2, 0) is 0 Å². The van der Waals surface area contributed by atoms with E-state index in [1.807, 2.05) is 13.1 Å². The quantitative estimate of drug-likeness (QED) is 0.803. The molecule has 108 valence electrons. The molecule has 0 fully saturated rings. The van der Waals surface area contributed by atoms with Crippen LogP contribution in [0.2, 0.25) is 0 Å². The van der Waals surface area contributed by atoms with Crippen LogP contribution >= 0.6 is 11.3 Å². The first kappa shape index (κ1) is 15.1. The van der Waals surface area contributed by atoms with Gasteiger partial charge in [0.25, 0.3) is 0 Å². The van der Waals surface area contributed by atoms with Crippen LogP contribution in [0.5, 0.6) is 0 Å². The first-order valence-corrected chi connectivity index (χ1v) is 7.17. The molecule has 20 heavy (non-hydrogen) atoms. The molecule has 1 aromatic carbocycles. The molecule has 1 N–H and O–H groups in total. The summed E-state index contributed by atoms with van der Waals surface area (Å²) in [6.45, 7) is 4.19. The molecule has 0 saturated heterocycles. The van der Waals surface area contributed by atoms with Gasteiger partial charge in [0.15, 0.2) is 17.5 Å². The molecule has 0 spiro atoms. The van der Waals surface area contributed by atoms with E-state index in [0.717, 1.165) is 21.9 Å². The molecular formula is C15H16F3NS. The zero-order valence-electron chi connectivity index (χ0n) is 11.5.